The third-order valence-corrected chi connectivity index (χ3v) is 10.4. The van der Waals surface area contributed by atoms with Crippen molar-refractivity contribution in [3.05, 3.63) is 0 Å². The lowest BCUT2D eigenvalue weighted by Gasteiger charge is -2.61. The standard InChI is InChI=1S/C25H41NO4/c1-15(4-9-22(28)30-23(26)29)19-7-8-20-18-6-5-16-14-17(27)10-12-24(16,2)21(18)11-13-25(19,20)3/h15-21,27H,4-14H2,1-3H3,(H2,26,29)/t15-,16?,17-,18+,19-,20+,21+,24+,25-/m1/s1. The molecule has 0 aromatic carbocycles. The summed E-state index contributed by atoms with van der Waals surface area (Å²) in [4.78, 5) is 22.6. The largest absolute Gasteiger partial charge is 0.412 e. The number of carbonyl (C=O) groups excluding carboxylic acids is 2. The average Bonchev–Trinajstić information content (AvgIpc) is 3.03. The van der Waals surface area contributed by atoms with E-state index in [1.54, 1.807) is 0 Å². The molecular weight excluding hydrogens is 378 g/mol. The molecule has 4 fully saturated rings. The van der Waals surface area contributed by atoms with E-state index >= 15 is 0 Å². The minimum atomic E-state index is -1.00. The van der Waals surface area contributed by atoms with Crippen molar-refractivity contribution < 1.29 is 19.4 Å². The number of primary amides is 1. The number of nitrogens with two attached hydrogens (primary N) is 1. The highest BCUT2D eigenvalue weighted by molar-refractivity contribution is 5.83. The van der Waals surface area contributed by atoms with Crippen LogP contribution >= 0.6 is 0 Å². The smallest absolute Gasteiger partial charge is 0.393 e. The fourth-order valence-electron chi connectivity index (χ4n) is 8.92. The molecule has 4 aliphatic carbocycles. The van der Waals surface area contributed by atoms with Crippen LogP contribution in [0.15, 0.2) is 0 Å². The quantitative estimate of drug-likeness (QED) is 0.493. The van der Waals surface area contributed by atoms with E-state index in [2.05, 4.69) is 25.5 Å². The van der Waals surface area contributed by atoms with Gasteiger partial charge in [0.25, 0.3) is 0 Å². The van der Waals surface area contributed by atoms with Crippen molar-refractivity contribution in [2.45, 2.75) is 97.5 Å². The van der Waals surface area contributed by atoms with Gasteiger partial charge in [0.1, 0.15) is 0 Å². The summed E-state index contributed by atoms with van der Waals surface area (Å²) in [5.41, 5.74) is 5.75. The van der Waals surface area contributed by atoms with Crippen LogP contribution in [-0.4, -0.2) is 23.3 Å². The molecule has 0 aromatic heterocycles. The van der Waals surface area contributed by atoms with Crippen LogP contribution < -0.4 is 5.73 Å². The van der Waals surface area contributed by atoms with Gasteiger partial charge in [0, 0.05) is 6.42 Å². The number of aliphatic hydroxyl groups excluding tert-OH is 1. The molecule has 0 heterocycles. The number of rotatable bonds is 4. The zero-order valence-corrected chi connectivity index (χ0v) is 19.1. The lowest BCUT2D eigenvalue weighted by Crippen LogP contribution is -2.54. The van der Waals surface area contributed by atoms with Crippen LogP contribution in [0.3, 0.4) is 0 Å². The third-order valence-electron chi connectivity index (χ3n) is 10.4. The molecule has 1 unspecified atom stereocenters. The molecule has 170 valence electrons. The van der Waals surface area contributed by atoms with E-state index in [1.165, 1.54) is 44.9 Å². The Labute approximate surface area is 181 Å². The Morgan fingerprint density at radius 3 is 2.47 bits per heavy atom. The molecule has 30 heavy (non-hydrogen) atoms. The zero-order valence-electron chi connectivity index (χ0n) is 19.1. The number of amides is 1. The van der Waals surface area contributed by atoms with Crippen molar-refractivity contribution in [1.82, 2.24) is 0 Å². The monoisotopic (exact) mass is 419 g/mol. The maximum Gasteiger partial charge on any atom is 0.412 e. The van der Waals surface area contributed by atoms with Crippen LogP contribution in [-0.2, 0) is 9.53 Å². The molecule has 9 atom stereocenters. The minimum Gasteiger partial charge on any atom is -0.393 e. The Balaban J connectivity index is 1.43. The van der Waals surface area contributed by atoms with Crippen molar-refractivity contribution >= 4 is 12.1 Å². The summed E-state index contributed by atoms with van der Waals surface area (Å²) in [6.07, 6.45) is 11.0. The van der Waals surface area contributed by atoms with Crippen molar-refractivity contribution in [2.24, 2.45) is 52.1 Å². The summed E-state index contributed by atoms with van der Waals surface area (Å²) in [5.74, 6) is 3.75. The molecular formula is C25H41NO4. The fourth-order valence-corrected chi connectivity index (χ4v) is 8.92. The number of hydrogen-bond acceptors (Lipinski definition) is 4. The Kier molecular flexibility index (Phi) is 5.97. The molecule has 4 aliphatic rings. The second-order valence-electron chi connectivity index (χ2n) is 11.6. The summed E-state index contributed by atoms with van der Waals surface area (Å²) in [5, 5.41) is 10.2. The zero-order chi connectivity index (χ0) is 21.7. The summed E-state index contributed by atoms with van der Waals surface area (Å²) >= 11 is 0. The number of carbonyl (C=O) groups is 2. The molecule has 0 bridgehead atoms. The molecule has 0 saturated heterocycles. The van der Waals surface area contributed by atoms with Gasteiger partial charge in [-0.2, -0.15) is 0 Å². The first-order valence-electron chi connectivity index (χ1n) is 12.3. The van der Waals surface area contributed by atoms with Crippen LogP contribution in [0.2, 0.25) is 0 Å². The number of fused-ring (bicyclic) bond motifs is 5. The first-order valence-corrected chi connectivity index (χ1v) is 12.3. The molecule has 1 amide bonds. The van der Waals surface area contributed by atoms with Gasteiger partial charge >= 0.3 is 12.1 Å². The highest BCUT2D eigenvalue weighted by atomic mass is 16.6. The van der Waals surface area contributed by atoms with Gasteiger partial charge in [-0.25, -0.2) is 4.79 Å². The second kappa shape index (κ2) is 8.11. The van der Waals surface area contributed by atoms with E-state index in [9.17, 15) is 14.7 Å². The first kappa shape index (κ1) is 22.1. The molecule has 0 aliphatic heterocycles. The van der Waals surface area contributed by atoms with E-state index in [4.69, 9.17) is 5.73 Å². The molecule has 3 N–H and O–H groups in total. The Morgan fingerprint density at radius 2 is 1.73 bits per heavy atom. The molecule has 0 radical (unpaired) electrons. The number of ether oxygens (including phenoxy) is 1. The predicted octanol–water partition coefficient (Wildman–Crippen LogP) is 5.04. The van der Waals surface area contributed by atoms with Gasteiger partial charge in [0.2, 0.25) is 0 Å². The topological polar surface area (TPSA) is 89.6 Å². The first-order chi connectivity index (χ1) is 14.1. The summed E-state index contributed by atoms with van der Waals surface area (Å²) in [7, 11) is 0. The SMILES string of the molecule is C[C@H](CCC(=O)OC(N)=O)[C@H]1CC[C@H]2[C@@H]3CCC4C[C@H](O)CC[C@]4(C)[C@H]3CC[C@]12C. The summed E-state index contributed by atoms with van der Waals surface area (Å²) in [6.45, 7) is 7.36. The highest BCUT2D eigenvalue weighted by Gasteiger charge is 2.60. The normalized spacial score (nSPS) is 46.3. The van der Waals surface area contributed by atoms with Gasteiger partial charge < -0.3 is 15.6 Å². The summed E-state index contributed by atoms with van der Waals surface area (Å²) in [6, 6.07) is 0. The molecule has 0 spiro atoms. The van der Waals surface area contributed by atoms with Crippen LogP contribution in [0.4, 0.5) is 4.79 Å². The predicted molar refractivity (Wildman–Crippen MR) is 115 cm³/mol. The Morgan fingerprint density at radius 1 is 1.03 bits per heavy atom. The van der Waals surface area contributed by atoms with Gasteiger partial charge in [0.15, 0.2) is 0 Å². The van der Waals surface area contributed by atoms with Gasteiger partial charge in [-0.15, -0.1) is 0 Å². The minimum absolute atomic E-state index is 0.0774. The Bertz CT molecular complexity index is 680. The molecule has 0 aromatic rings. The van der Waals surface area contributed by atoms with E-state index in [0.29, 0.717) is 28.6 Å². The van der Waals surface area contributed by atoms with Gasteiger partial charge in [-0.05, 0) is 111 Å². The van der Waals surface area contributed by atoms with E-state index < -0.39 is 12.1 Å². The number of esters is 1. The van der Waals surface area contributed by atoms with Crippen LogP contribution in [0, 0.1) is 46.3 Å². The van der Waals surface area contributed by atoms with Crippen LogP contribution in [0.1, 0.15) is 91.4 Å². The van der Waals surface area contributed by atoms with E-state index in [0.717, 1.165) is 37.0 Å². The number of hydrogen-bond donors (Lipinski definition) is 2. The molecule has 4 rings (SSSR count). The lowest BCUT2D eigenvalue weighted by molar-refractivity contribution is -0.138. The van der Waals surface area contributed by atoms with Crippen molar-refractivity contribution in [3.63, 3.8) is 0 Å². The molecule has 4 saturated carbocycles. The molecule has 5 nitrogen and oxygen atoms in total. The third kappa shape index (κ3) is 3.69. The van der Waals surface area contributed by atoms with Crippen molar-refractivity contribution in [1.29, 1.82) is 0 Å². The number of aliphatic hydroxyl groups is 1. The van der Waals surface area contributed by atoms with E-state index in [1.807, 2.05) is 0 Å². The van der Waals surface area contributed by atoms with Crippen molar-refractivity contribution in [2.75, 3.05) is 0 Å². The maximum atomic E-state index is 11.8. The maximum absolute atomic E-state index is 11.8. The fraction of sp³-hybridized carbons (Fsp3) is 0.920. The highest BCUT2D eigenvalue weighted by Crippen LogP contribution is 2.68. The van der Waals surface area contributed by atoms with Crippen LogP contribution in [0.5, 0.6) is 0 Å². The second-order valence-corrected chi connectivity index (χ2v) is 11.6. The van der Waals surface area contributed by atoms with Gasteiger partial charge in [0.05, 0.1) is 6.10 Å². The van der Waals surface area contributed by atoms with Crippen LogP contribution in [0.25, 0.3) is 0 Å². The summed E-state index contributed by atoms with van der Waals surface area (Å²) < 4.78 is 4.52. The van der Waals surface area contributed by atoms with Gasteiger partial charge in [-0.3, -0.25) is 4.79 Å². The lowest BCUT2D eigenvalue weighted by atomic mass is 9.44. The van der Waals surface area contributed by atoms with E-state index in [-0.39, 0.29) is 12.5 Å². The molecule has 5 heteroatoms. The van der Waals surface area contributed by atoms with Gasteiger partial charge in [-0.1, -0.05) is 20.8 Å². The Hall–Kier alpha value is -1.10. The average molecular weight is 420 g/mol. The van der Waals surface area contributed by atoms with Crippen molar-refractivity contribution in [3.8, 4) is 0 Å².